The number of nitrogens with one attached hydrogen (secondary N) is 1. The van der Waals surface area contributed by atoms with E-state index < -0.39 is 0 Å². The Labute approximate surface area is 156 Å². The summed E-state index contributed by atoms with van der Waals surface area (Å²) in [5, 5.41) is 3.36. The summed E-state index contributed by atoms with van der Waals surface area (Å²) in [7, 11) is 0. The van der Waals surface area contributed by atoms with Crippen LogP contribution < -0.4 is 5.32 Å². The first kappa shape index (κ1) is 17.6. The summed E-state index contributed by atoms with van der Waals surface area (Å²) >= 11 is 0. The molecule has 0 bridgehead atoms. The van der Waals surface area contributed by atoms with E-state index in [4.69, 9.17) is 0 Å². The number of aryl methyl sites for hydroxylation is 1. The number of amides is 2. The highest BCUT2D eigenvalue weighted by Crippen LogP contribution is 2.44. The molecule has 3 aliphatic rings. The maximum absolute atomic E-state index is 12.6. The monoisotopic (exact) mass is 354 g/mol. The van der Waals surface area contributed by atoms with E-state index in [0.717, 1.165) is 44.2 Å². The molecule has 1 N–H and O–H groups in total. The van der Waals surface area contributed by atoms with Crippen LogP contribution in [0.5, 0.6) is 0 Å². The van der Waals surface area contributed by atoms with Crippen LogP contribution in [0.25, 0.3) is 0 Å². The lowest BCUT2D eigenvalue weighted by Gasteiger charge is -2.32. The molecule has 1 aliphatic heterocycles. The van der Waals surface area contributed by atoms with Gasteiger partial charge in [-0.15, -0.1) is 0 Å². The lowest BCUT2D eigenvalue weighted by molar-refractivity contribution is -0.135. The lowest BCUT2D eigenvalue weighted by atomic mass is 9.94. The van der Waals surface area contributed by atoms with Crippen molar-refractivity contribution in [3.05, 3.63) is 35.9 Å². The van der Waals surface area contributed by atoms with Gasteiger partial charge in [-0.3, -0.25) is 9.59 Å². The quantitative estimate of drug-likeness (QED) is 0.818. The van der Waals surface area contributed by atoms with Gasteiger partial charge < -0.3 is 10.2 Å². The van der Waals surface area contributed by atoms with Crippen molar-refractivity contribution in [2.45, 2.75) is 57.4 Å². The molecule has 4 nitrogen and oxygen atoms in total. The third-order valence-corrected chi connectivity index (χ3v) is 6.26. The van der Waals surface area contributed by atoms with Crippen LogP contribution in [0.15, 0.2) is 30.3 Å². The topological polar surface area (TPSA) is 49.4 Å². The van der Waals surface area contributed by atoms with Crippen molar-refractivity contribution in [2.24, 2.45) is 17.8 Å². The number of hydrogen-bond donors (Lipinski definition) is 1. The Morgan fingerprint density at radius 1 is 0.962 bits per heavy atom. The summed E-state index contributed by atoms with van der Waals surface area (Å²) in [6, 6.07) is 10.6. The van der Waals surface area contributed by atoms with Gasteiger partial charge in [0, 0.05) is 31.5 Å². The summed E-state index contributed by atoms with van der Waals surface area (Å²) in [5.74, 6) is 2.04. The standard InChI is InChI=1S/C22H30N2O2/c25-20(11-6-16-4-2-1-3-5-16)24-14-12-19(13-15-24)22(26)23-21(17-7-8-17)18-9-10-18/h1-5,17-19,21H,6-15H2,(H,23,26). The first-order chi connectivity index (χ1) is 12.7. The van der Waals surface area contributed by atoms with Crippen molar-refractivity contribution in [1.82, 2.24) is 10.2 Å². The van der Waals surface area contributed by atoms with Gasteiger partial charge in [0.2, 0.25) is 11.8 Å². The van der Waals surface area contributed by atoms with E-state index in [1.807, 2.05) is 23.1 Å². The first-order valence-electron chi connectivity index (χ1n) is 10.3. The molecule has 4 rings (SSSR count). The highest BCUT2D eigenvalue weighted by molar-refractivity contribution is 5.80. The number of likely N-dealkylation sites (tertiary alicyclic amines) is 1. The molecular weight excluding hydrogens is 324 g/mol. The Hall–Kier alpha value is -1.84. The minimum Gasteiger partial charge on any atom is -0.353 e. The molecule has 4 heteroatoms. The number of piperidine rings is 1. The second-order valence-electron chi connectivity index (χ2n) is 8.35. The van der Waals surface area contributed by atoms with Gasteiger partial charge in [0.15, 0.2) is 0 Å². The number of hydrogen-bond acceptors (Lipinski definition) is 2. The second-order valence-corrected chi connectivity index (χ2v) is 8.35. The Kier molecular flexibility index (Phi) is 5.28. The minimum atomic E-state index is 0.0909. The summed E-state index contributed by atoms with van der Waals surface area (Å²) in [4.78, 5) is 27.0. The van der Waals surface area contributed by atoms with Crippen molar-refractivity contribution in [1.29, 1.82) is 0 Å². The molecule has 0 spiro atoms. The number of benzene rings is 1. The molecule has 3 fully saturated rings. The predicted octanol–water partition coefficient (Wildman–Crippen LogP) is 3.16. The fraction of sp³-hybridized carbons (Fsp3) is 0.636. The maximum atomic E-state index is 12.6. The molecule has 2 aliphatic carbocycles. The van der Waals surface area contributed by atoms with Crippen molar-refractivity contribution >= 4 is 11.8 Å². The van der Waals surface area contributed by atoms with Gasteiger partial charge in [-0.1, -0.05) is 30.3 Å². The van der Waals surface area contributed by atoms with Crippen LogP contribution in [0, 0.1) is 17.8 Å². The van der Waals surface area contributed by atoms with E-state index in [9.17, 15) is 9.59 Å². The number of carbonyl (C=O) groups is 2. The molecule has 1 saturated heterocycles. The average molecular weight is 354 g/mol. The van der Waals surface area contributed by atoms with Crippen LogP contribution in [0.4, 0.5) is 0 Å². The fourth-order valence-corrected chi connectivity index (χ4v) is 4.26. The van der Waals surface area contributed by atoms with Gasteiger partial charge in [0.05, 0.1) is 0 Å². The highest BCUT2D eigenvalue weighted by Gasteiger charge is 2.43. The normalized spacial score (nSPS) is 21.0. The molecule has 26 heavy (non-hydrogen) atoms. The Balaban J connectivity index is 1.20. The van der Waals surface area contributed by atoms with Crippen LogP contribution in [-0.4, -0.2) is 35.8 Å². The van der Waals surface area contributed by atoms with Crippen molar-refractivity contribution in [3.8, 4) is 0 Å². The van der Waals surface area contributed by atoms with Crippen molar-refractivity contribution < 1.29 is 9.59 Å². The molecular formula is C22H30N2O2. The molecule has 1 aromatic carbocycles. The van der Waals surface area contributed by atoms with Gasteiger partial charge in [-0.25, -0.2) is 0 Å². The molecule has 1 heterocycles. The van der Waals surface area contributed by atoms with Crippen LogP contribution in [0.2, 0.25) is 0 Å². The van der Waals surface area contributed by atoms with E-state index in [2.05, 4.69) is 17.4 Å². The zero-order valence-corrected chi connectivity index (χ0v) is 15.5. The summed E-state index contributed by atoms with van der Waals surface area (Å²) in [6.45, 7) is 1.45. The Morgan fingerprint density at radius 3 is 2.15 bits per heavy atom. The molecule has 140 valence electrons. The first-order valence-corrected chi connectivity index (χ1v) is 10.3. The lowest BCUT2D eigenvalue weighted by Crippen LogP contribution is -2.46. The van der Waals surface area contributed by atoms with Gasteiger partial charge >= 0.3 is 0 Å². The van der Waals surface area contributed by atoms with E-state index in [0.29, 0.717) is 12.5 Å². The molecule has 0 unspecified atom stereocenters. The summed E-state index contributed by atoms with van der Waals surface area (Å²) in [6.07, 6.45) is 8.13. The van der Waals surface area contributed by atoms with Gasteiger partial charge in [0.1, 0.15) is 0 Å². The molecule has 2 saturated carbocycles. The van der Waals surface area contributed by atoms with E-state index in [-0.39, 0.29) is 17.7 Å². The Bertz CT molecular complexity index is 617. The van der Waals surface area contributed by atoms with Crippen LogP contribution in [0.3, 0.4) is 0 Å². The minimum absolute atomic E-state index is 0.0909. The van der Waals surface area contributed by atoms with Crippen LogP contribution in [0.1, 0.15) is 50.5 Å². The molecule has 0 aromatic heterocycles. The molecule has 0 atom stereocenters. The second kappa shape index (κ2) is 7.81. The summed E-state index contributed by atoms with van der Waals surface area (Å²) < 4.78 is 0. The zero-order valence-electron chi connectivity index (χ0n) is 15.5. The maximum Gasteiger partial charge on any atom is 0.223 e. The van der Waals surface area contributed by atoms with E-state index in [1.54, 1.807) is 0 Å². The van der Waals surface area contributed by atoms with Gasteiger partial charge in [-0.05, 0) is 62.3 Å². The molecule has 1 aromatic rings. The third-order valence-electron chi connectivity index (χ3n) is 6.26. The van der Waals surface area contributed by atoms with Crippen LogP contribution >= 0.6 is 0 Å². The van der Waals surface area contributed by atoms with Crippen molar-refractivity contribution in [3.63, 3.8) is 0 Å². The smallest absolute Gasteiger partial charge is 0.223 e. The largest absolute Gasteiger partial charge is 0.353 e. The molecule has 2 amide bonds. The average Bonchev–Trinajstić information content (AvgIpc) is 3.58. The van der Waals surface area contributed by atoms with Crippen LogP contribution in [-0.2, 0) is 16.0 Å². The zero-order chi connectivity index (χ0) is 17.9. The number of nitrogens with zero attached hydrogens (tertiary/aromatic N) is 1. The Morgan fingerprint density at radius 2 is 1.58 bits per heavy atom. The van der Waals surface area contributed by atoms with Gasteiger partial charge in [-0.2, -0.15) is 0 Å². The van der Waals surface area contributed by atoms with Gasteiger partial charge in [0.25, 0.3) is 0 Å². The number of carbonyl (C=O) groups excluding carboxylic acids is 2. The fourth-order valence-electron chi connectivity index (χ4n) is 4.26. The van der Waals surface area contributed by atoms with E-state index in [1.165, 1.54) is 31.2 Å². The number of rotatable bonds is 7. The molecule has 0 radical (unpaired) electrons. The third kappa shape index (κ3) is 4.46. The highest BCUT2D eigenvalue weighted by atomic mass is 16.2. The van der Waals surface area contributed by atoms with E-state index >= 15 is 0 Å². The van der Waals surface area contributed by atoms with Crippen molar-refractivity contribution in [2.75, 3.05) is 13.1 Å². The summed E-state index contributed by atoms with van der Waals surface area (Å²) in [5.41, 5.74) is 1.21. The predicted molar refractivity (Wildman–Crippen MR) is 101 cm³/mol. The SMILES string of the molecule is O=C(NC(C1CC1)C1CC1)C1CCN(C(=O)CCc2ccccc2)CC1.